The van der Waals surface area contributed by atoms with Crippen LogP contribution in [0.5, 0.6) is 0 Å². The molecule has 4 N–H and O–H groups in total. The van der Waals surface area contributed by atoms with E-state index >= 15 is 0 Å². The Labute approximate surface area is 141 Å². The Morgan fingerprint density at radius 1 is 1.33 bits per heavy atom. The van der Waals surface area contributed by atoms with Crippen molar-refractivity contribution in [2.45, 2.75) is 24.3 Å². The molecule has 0 saturated carbocycles. The van der Waals surface area contributed by atoms with Gasteiger partial charge in [0.1, 0.15) is 0 Å². The molecule has 0 bridgehead atoms. The van der Waals surface area contributed by atoms with E-state index < -0.39 is 17.2 Å². The molecule has 4 amide bonds. The van der Waals surface area contributed by atoms with Gasteiger partial charge in [-0.25, -0.2) is 4.79 Å². The highest BCUT2D eigenvalue weighted by Gasteiger charge is 2.20. The largest absolute Gasteiger partial charge is 0.351 e. The SMILES string of the molecule is CC(=O)Nc1cccc(-n2nnnc2S[C@H](C)C(=O)NC(N)=O)c1. The van der Waals surface area contributed by atoms with Crippen LogP contribution in [0.1, 0.15) is 13.8 Å². The minimum Gasteiger partial charge on any atom is -0.351 e. The average Bonchev–Trinajstić information content (AvgIpc) is 2.94. The molecule has 0 saturated heterocycles. The first-order chi connectivity index (χ1) is 11.4. The maximum Gasteiger partial charge on any atom is 0.318 e. The van der Waals surface area contributed by atoms with Crippen molar-refractivity contribution in [1.29, 1.82) is 0 Å². The van der Waals surface area contributed by atoms with Crippen LogP contribution in [0, 0.1) is 0 Å². The third-order valence-corrected chi connectivity index (χ3v) is 3.78. The van der Waals surface area contributed by atoms with Crippen molar-refractivity contribution in [2.24, 2.45) is 5.73 Å². The van der Waals surface area contributed by atoms with Gasteiger partial charge in [0.05, 0.1) is 10.9 Å². The van der Waals surface area contributed by atoms with Crippen LogP contribution in [0.4, 0.5) is 10.5 Å². The lowest BCUT2D eigenvalue weighted by Crippen LogP contribution is -2.39. The first kappa shape index (κ1) is 17.4. The monoisotopic (exact) mass is 349 g/mol. The van der Waals surface area contributed by atoms with E-state index in [0.29, 0.717) is 16.5 Å². The van der Waals surface area contributed by atoms with Gasteiger partial charge >= 0.3 is 6.03 Å². The van der Waals surface area contributed by atoms with Crippen molar-refractivity contribution < 1.29 is 14.4 Å². The number of benzene rings is 1. The lowest BCUT2D eigenvalue weighted by Gasteiger charge is -2.10. The predicted octanol–water partition coefficient (Wildman–Crippen LogP) is 0.296. The van der Waals surface area contributed by atoms with E-state index in [1.807, 2.05) is 5.32 Å². The molecular formula is C13H15N7O3S. The van der Waals surface area contributed by atoms with E-state index in [1.165, 1.54) is 11.6 Å². The molecule has 1 aromatic heterocycles. The van der Waals surface area contributed by atoms with E-state index in [-0.39, 0.29) is 5.91 Å². The molecule has 0 aliphatic rings. The number of carbonyl (C=O) groups is 3. The van der Waals surface area contributed by atoms with Crippen LogP contribution in [0.25, 0.3) is 5.69 Å². The Balaban J connectivity index is 2.20. The van der Waals surface area contributed by atoms with Crippen LogP contribution in [0.2, 0.25) is 0 Å². The molecule has 1 atom stereocenters. The summed E-state index contributed by atoms with van der Waals surface area (Å²) in [5.74, 6) is -0.746. The normalized spacial score (nSPS) is 11.6. The quantitative estimate of drug-likeness (QED) is 0.658. The number of aromatic nitrogens is 4. The number of anilines is 1. The van der Waals surface area contributed by atoms with Gasteiger partial charge in [0.2, 0.25) is 17.0 Å². The number of primary amides is 1. The summed E-state index contributed by atoms with van der Waals surface area (Å²) in [5, 5.41) is 15.7. The first-order valence-electron chi connectivity index (χ1n) is 6.80. The maximum absolute atomic E-state index is 11.7. The number of carbonyl (C=O) groups excluding carboxylic acids is 3. The van der Waals surface area contributed by atoms with Gasteiger partial charge in [0.25, 0.3) is 0 Å². The summed E-state index contributed by atoms with van der Waals surface area (Å²) >= 11 is 1.06. The van der Waals surface area contributed by atoms with Crippen molar-refractivity contribution in [3.8, 4) is 5.69 Å². The highest BCUT2D eigenvalue weighted by molar-refractivity contribution is 8.00. The van der Waals surface area contributed by atoms with Crippen molar-refractivity contribution in [1.82, 2.24) is 25.5 Å². The number of tetrazole rings is 1. The zero-order valence-electron chi connectivity index (χ0n) is 12.9. The molecule has 0 aliphatic heterocycles. The maximum atomic E-state index is 11.7. The molecule has 11 heteroatoms. The number of amides is 4. The lowest BCUT2D eigenvalue weighted by molar-refractivity contribution is -0.119. The number of imide groups is 1. The van der Waals surface area contributed by atoms with E-state index in [0.717, 1.165) is 11.8 Å². The molecule has 126 valence electrons. The standard InChI is InChI=1S/C13H15N7O3S/c1-7(11(22)16-12(14)23)24-13-17-18-19-20(13)10-5-3-4-9(6-10)15-8(2)21/h3-7H,1-2H3,(H,15,21)(H3,14,16,22,23)/t7-/m1/s1. The summed E-state index contributed by atoms with van der Waals surface area (Å²) < 4.78 is 1.42. The zero-order valence-corrected chi connectivity index (χ0v) is 13.7. The van der Waals surface area contributed by atoms with Gasteiger partial charge in [0.15, 0.2) is 0 Å². The van der Waals surface area contributed by atoms with Crippen LogP contribution in [0.15, 0.2) is 29.4 Å². The molecule has 0 fully saturated rings. The summed E-state index contributed by atoms with van der Waals surface area (Å²) in [6.07, 6.45) is 0. The Hall–Kier alpha value is -2.95. The molecule has 0 unspecified atom stereocenters. The van der Waals surface area contributed by atoms with Gasteiger partial charge < -0.3 is 11.1 Å². The van der Waals surface area contributed by atoms with Gasteiger partial charge in [-0.15, -0.1) is 5.10 Å². The van der Waals surface area contributed by atoms with E-state index in [2.05, 4.69) is 20.8 Å². The summed E-state index contributed by atoms with van der Waals surface area (Å²) in [7, 11) is 0. The summed E-state index contributed by atoms with van der Waals surface area (Å²) in [6.45, 7) is 3.00. The fourth-order valence-corrected chi connectivity index (χ4v) is 2.58. The molecule has 2 aromatic rings. The second-order valence-corrected chi connectivity index (χ2v) is 6.03. The van der Waals surface area contributed by atoms with Gasteiger partial charge in [-0.2, -0.15) is 4.68 Å². The lowest BCUT2D eigenvalue weighted by atomic mass is 10.3. The third-order valence-electron chi connectivity index (χ3n) is 2.75. The molecule has 1 heterocycles. The van der Waals surface area contributed by atoms with Gasteiger partial charge in [-0.1, -0.05) is 17.8 Å². The van der Waals surface area contributed by atoms with E-state index in [4.69, 9.17) is 5.73 Å². The fraction of sp³-hybridized carbons (Fsp3) is 0.231. The van der Waals surface area contributed by atoms with Crippen molar-refractivity contribution in [3.63, 3.8) is 0 Å². The van der Waals surface area contributed by atoms with Crippen molar-refractivity contribution >= 4 is 35.3 Å². The van der Waals surface area contributed by atoms with E-state index in [1.54, 1.807) is 31.2 Å². The highest BCUT2D eigenvalue weighted by atomic mass is 32.2. The topological polar surface area (TPSA) is 145 Å². The second-order valence-electron chi connectivity index (χ2n) is 4.72. The minimum absolute atomic E-state index is 0.199. The fourth-order valence-electron chi connectivity index (χ4n) is 1.77. The number of hydrogen-bond acceptors (Lipinski definition) is 7. The Morgan fingerprint density at radius 2 is 2.08 bits per heavy atom. The van der Waals surface area contributed by atoms with Crippen LogP contribution < -0.4 is 16.4 Å². The first-order valence-corrected chi connectivity index (χ1v) is 7.68. The molecule has 24 heavy (non-hydrogen) atoms. The van der Waals surface area contributed by atoms with Crippen molar-refractivity contribution in [2.75, 3.05) is 5.32 Å². The predicted molar refractivity (Wildman–Crippen MR) is 86.5 cm³/mol. The number of urea groups is 1. The number of nitrogens with one attached hydrogen (secondary N) is 2. The molecule has 1 aromatic carbocycles. The number of thioether (sulfide) groups is 1. The van der Waals surface area contributed by atoms with Crippen LogP contribution in [0.3, 0.4) is 0 Å². The van der Waals surface area contributed by atoms with Crippen LogP contribution in [-0.2, 0) is 9.59 Å². The second kappa shape index (κ2) is 7.55. The number of rotatable bonds is 5. The smallest absolute Gasteiger partial charge is 0.318 e. The number of nitrogens with two attached hydrogens (primary N) is 1. The highest BCUT2D eigenvalue weighted by Crippen LogP contribution is 2.24. The van der Waals surface area contributed by atoms with Gasteiger partial charge in [0, 0.05) is 12.6 Å². The van der Waals surface area contributed by atoms with Gasteiger partial charge in [-0.3, -0.25) is 14.9 Å². The Morgan fingerprint density at radius 3 is 2.75 bits per heavy atom. The van der Waals surface area contributed by atoms with Crippen LogP contribution >= 0.6 is 11.8 Å². The molecule has 0 aliphatic carbocycles. The van der Waals surface area contributed by atoms with Crippen LogP contribution in [-0.4, -0.2) is 43.3 Å². The molecule has 0 spiro atoms. The summed E-state index contributed by atoms with van der Waals surface area (Å²) in [6, 6.07) is 5.98. The Bertz CT molecular complexity index is 776. The average molecular weight is 349 g/mol. The number of nitrogens with zero attached hydrogens (tertiary/aromatic N) is 4. The van der Waals surface area contributed by atoms with E-state index in [9.17, 15) is 14.4 Å². The molecular weight excluding hydrogens is 334 g/mol. The summed E-state index contributed by atoms with van der Waals surface area (Å²) in [5.41, 5.74) is 6.12. The zero-order chi connectivity index (χ0) is 17.7. The molecule has 2 rings (SSSR count). The van der Waals surface area contributed by atoms with Crippen molar-refractivity contribution in [3.05, 3.63) is 24.3 Å². The molecule has 0 radical (unpaired) electrons. The minimum atomic E-state index is -0.921. The van der Waals surface area contributed by atoms with Gasteiger partial charge in [-0.05, 0) is 35.5 Å². The third kappa shape index (κ3) is 4.52. The number of hydrogen-bond donors (Lipinski definition) is 3. The summed E-state index contributed by atoms with van der Waals surface area (Å²) in [4.78, 5) is 33.6. The molecule has 10 nitrogen and oxygen atoms in total. The Kier molecular flexibility index (Phi) is 5.47.